The summed E-state index contributed by atoms with van der Waals surface area (Å²) in [5, 5.41) is 14.0. The van der Waals surface area contributed by atoms with Crippen molar-refractivity contribution < 1.29 is 5.11 Å². The quantitative estimate of drug-likeness (QED) is 0.775. The van der Waals surface area contributed by atoms with Crippen molar-refractivity contribution in [3.8, 4) is 5.75 Å². The van der Waals surface area contributed by atoms with E-state index in [0.29, 0.717) is 5.75 Å². The van der Waals surface area contributed by atoms with Crippen molar-refractivity contribution in [2.45, 2.75) is 46.6 Å². The first-order valence-corrected chi connectivity index (χ1v) is 4.95. The summed E-state index contributed by atoms with van der Waals surface area (Å²) < 4.78 is 1.90. The van der Waals surface area contributed by atoms with Crippen LogP contribution in [0.3, 0.4) is 0 Å². The van der Waals surface area contributed by atoms with Crippen molar-refractivity contribution in [3.63, 3.8) is 0 Å². The van der Waals surface area contributed by atoms with E-state index in [1.165, 1.54) is 0 Å². The summed E-state index contributed by atoms with van der Waals surface area (Å²) >= 11 is 0. The average Bonchev–Trinajstić information content (AvgIpc) is 2.41. The molecule has 0 saturated heterocycles. The maximum Gasteiger partial charge on any atom is 0.159 e. The Balaban J connectivity index is 2.82. The van der Waals surface area contributed by atoms with Gasteiger partial charge in [0.25, 0.3) is 0 Å². The third-order valence-electron chi connectivity index (χ3n) is 2.30. The van der Waals surface area contributed by atoms with Gasteiger partial charge in [-0.1, -0.05) is 20.3 Å². The topological polar surface area (TPSA) is 38.0 Å². The van der Waals surface area contributed by atoms with Crippen molar-refractivity contribution in [3.05, 3.63) is 11.4 Å². The van der Waals surface area contributed by atoms with Crippen LogP contribution >= 0.6 is 0 Å². The number of hydrogen-bond acceptors (Lipinski definition) is 2. The van der Waals surface area contributed by atoms with E-state index in [9.17, 15) is 5.11 Å². The van der Waals surface area contributed by atoms with E-state index in [1.54, 1.807) is 0 Å². The van der Waals surface area contributed by atoms with Crippen molar-refractivity contribution >= 4 is 0 Å². The van der Waals surface area contributed by atoms with Crippen LogP contribution in [0.2, 0.25) is 0 Å². The van der Waals surface area contributed by atoms with Crippen LogP contribution in [-0.4, -0.2) is 14.9 Å². The number of aromatic hydroxyl groups is 1. The third kappa shape index (κ3) is 2.02. The van der Waals surface area contributed by atoms with Gasteiger partial charge in [-0.2, -0.15) is 5.10 Å². The van der Waals surface area contributed by atoms with Crippen molar-refractivity contribution in [1.29, 1.82) is 0 Å². The Hall–Kier alpha value is -0.990. The van der Waals surface area contributed by atoms with Gasteiger partial charge in [-0.25, -0.2) is 0 Å². The van der Waals surface area contributed by atoms with Gasteiger partial charge >= 0.3 is 0 Å². The van der Waals surface area contributed by atoms with E-state index < -0.39 is 0 Å². The van der Waals surface area contributed by atoms with Crippen molar-refractivity contribution in [2.24, 2.45) is 0 Å². The summed E-state index contributed by atoms with van der Waals surface area (Å²) in [5.41, 5.74) is 1.71. The molecule has 1 aromatic rings. The standard InChI is InChI=1S/C10H18N2O/c1-4-6-7-12-8(3)10(13)9(5-2)11-12/h13H,4-7H2,1-3H3. The number of unbranched alkanes of at least 4 members (excludes halogenated alkanes) is 1. The predicted molar refractivity (Wildman–Crippen MR) is 52.9 cm³/mol. The molecule has 0 radical (unpaired) electrons. The molecule has 1 aromatic heterocycles. The second kappa shape index (κ2) is 4.30. The number of aromatic nitrogens is 2. The summed E-state index contributed by atoms with van der Waals surface area (Å²) in [6.07, 6.45) is 3.07. The van der Waals surface area contributed by atoms with E-state index in [2.05, 4.69) is 12.0 Å². The molecule has 1 heterocycles. The van der Waals surface area contributed by atoms with Crippen LogP contribution in [0.1, 0.15) is 38.1 Å². The molecule has 1 rings (SSSR count). The largest absolute Gasteiger partial charge is 0.504 e. The van der Waals surface area contributed by atoms with Crippen LogP contribution in [0, 0.1) is 6.92 Å². The molecule has 3 heteroatoms. The van der Waals surface area contributed by atoms with Gasteiger partial charge in [-0.15, -0.1) is 0 Å². The highest BCUT2D eigenvalue weighted by Gasteiger charge is 2.10. The first-order valence-electron chi connectivity index (χ1n) is 4.95. The van der Waals surface area contributed by atoms with Crippen LogP contribution in [0.5, 0.6) is 5.75 Å². The van der Waals surface area contributed by atoms with Gasteiger partial charge in [0.15, 0.2) is 5.75 Å². The summed E-state index contributed by atoms with van der Waals surface area (Å²) in [5.74, 6) is 0.374. The highest BCUT2D eigenvalue weighted by Crippen LogP contribution is 2.21. The minimum Gasteiger partial charge on any atom is -0.504 e. The molecule has 74 valence electrons. The van der Waals surface area contributed by atoms with E-state index in [4.69, 9.17) is 0 Å². The first-order chi connectivity index (χ1) is 6.20. The molecule has 0 aliphatic rings. The van der Waals surface area contributed by atoms with E-state index >= 15 is 0 Å². The zero-order chi connectivity index (χ0) is 9.84. The molecule has 0 aromatic carbocycles. The Morgan fingerprint density at radius 3 is 2.54 bits per heavy atom. The molecule has 0 amide bonds. The fraction of sp³-hybridized carbons (Fsp3) is 0.700. The minimum absolute atomic E-state index is 0.374. The summed E-state index contributed by atoms with van der Waals surface area (Å²) in [6, 6.07) is 0. The van der Waals surface area contributed by atoms with Gasteiger partial charge in [-0.3, -0.25) is 4.68 Å². The Kier molecular flexibility index (Phi) is 3.34. The van der Waals surface area contributed by atoms with Gasteiger partial charge in [0, 0.05) is 6.54 Å². The summed E-state index contributed by atoms with van der Waals surface area (Å²) in [4.78, 5) is 0. The molecular formula is C10H18N2O. The van der Waals surface area contributed by atoms with Crippen molar-refractivity contribution in [2.75, 3.05) is 0 Å². The van der Waals surface area contributed by atoms with Crippen LogP contribution in [-0.2, 0) is 13.0 Å². The molecule has 0 aliphatic carbocycles. The van der Waals surface area contributed by atoms with Crippen LogP contribution < -0.4 is 0 Å². The summed E-state index contributed by atoms with van der Waals surface area (Å²) in [6.45, 7) is 6.98. The number of aryl methyl sites for hydroxylation is 2. The van der Waals surface area contributed by atoms with Gasteiger partial charge in [-0.05, 0) is 19.8 Å². The van der Waals surface area contributed by atoms with Crippen LogP contribution in [0.15, 0.2) is 0 Å². The van der Waals surface area contributed by atoms with E-state index in [-0.39, 0.29) is 0 Å². The lowest BCUT2D eigenvalue weighted by Gasteiger charge is -2.01. The average molecular weight is 182 g/mol. The van der Waals surface area contributed by atoms with Crippen molar-refractivity contribution in [1.82, 2.24) is 9.78 Å². The first kappa shape index (κ1) is 10.1. The zero-order valence-corrected chi connectivity index (χ0v) is 8.67. The molecule has 0 saturated carbocycles. The lowest BCUT2D eigenvalue weighted by Crippen LogP contribution is -2.02. The van der Waals surface area contributed by atoms with Gasteiger partial charge in [0.1, 0.15) is 5.69 Å². The molecule has 0 fully saturated rings. The highest BCUT2D eigenvalue weighted by atomic mass is 16.3. The van der Waals surface area contributed by atoms with E-state index in [0.717, 1.165) is 37.2 Å². The number of rotatable bonds is 4. The maximum absolute atomic E-state index is 9.63. The highest BCUT2D eigenvalue weighted by molar-refractivity contribution is 5.30. The molecule has 0 spiro atoms. The normalized spacial score (nSPS) is 10.7. The lowest BCUT2D eigenvalue weighted by atomic mass is 10.3. The smallest absolute Gasteiger partial charge is 0.159 e. The fourth-order valence-corrected chi connectivity index (χ4v) is 1.36. The Morgan fingerprint density at radius 2 is 2.08 bits per heavy atom. The number of hydrogen-bond donors (Lipinski definition) is 1. The molecule has 0 unspecified atom stereocenters. The molecule has 1 N–H and O–H groups in total. The molecule has 0 atom stereocenters. The maximum atomic E-state index is 9.63. The monoisotopic (exact) mass is 182 g/mol. The molecule has 3 nitrogen and oxygen atoms in total. The zero-order valence-electron chi connectivity index (χ0n) is 8.67. The SMILES string of the molecule is CCCCn1nc(CC)c(O)c1C. The second-order valence-corrected chi connectivity index (χ2v) is 3.31. The van der Waals surface area contributed by atoms with Gasteiger partial charge < -0.3 is 5.11 Å². The lowest BCUT2D eigenvalue weighted by molar-refractivity contribution is 0.461. The molecule has 0 bridgehead atoms. The molecular weight excluding hydrogens is 164 g/mol. The Labute approximate surface area is 79.4 Å². The minimum atomic E-state index is 0.374. The summed E-state index contributed by atoms with van der Waals surface area (Å²) in [7, 11) is 0. The fourth-order valence-electron chi connectivity index (χ4n) is 1.36. The van der Waals surface area contributed by atoms with Gasteiger partial charge in [0.05, 0.1) is 5.69 Å². The number of nitrogens with zero attached hydrogens (tertiary/aromatic N) is 2. The Bertz CT molecular complexity index is 279. The van der Waals surface area contributed by atoms with Crippen LogP contribution in [0.25, 0.3) is 0 Å². The van der Waals surface area contributed by atoms with Gasteiger partial charge in [0.2, 0.25) is 0 Å². The van der Waals surface area contributed by atoms with E-state index in [1.807, 2.05) is 18.5 Å². The third-order valence-corrected chi connectivity index (χ3v) is 2.30. The second-order valence-electron chi connectivity index (χ2n) is 3.31. The molecule has 13 heavy (non-hydrogen) atoms. The predicted octanol–water partition coefficient (Wildman–Crippen LogP) is 2.26. The van der Waals surface area contributed by atoms with Crippen LogP contribution in [0.4, 0.5) is 0 Å². The molecule has 0 aliphatic heterocycles. The Morgan fingerprint density at radius 1 is 1.38 bits per heavy atom.